The second-order valence-electron chi connectivity index (χ2n) is 4.57. The summed E-state index contributed by atoms with van der Waals surface area (Å²) in [5, 5.41) is 14.3. The average molecular weight is 319 g/mol. The number of hydrogen-bond acceptors (Lipinski definition) is 3. The minimum atomic E-state index is -0.989. The Balaban J connectivity index is 0.00000400. The molecule has 0 fully saturated rings. The van der Waals surface area contributed by atoms with E-state index in [2.05, 4.69) is 10.6 Å². The molecule has 0 aliphatic carbocycles. The number of halogens is 2. The number of carbonyl (C=O) groups is 2. The van der Waals surface area contributed by atoms with Crippen LogP contribution in [-0.2, 0) is 9.59 Å². The van der Waals surface area contributed by atoms with Crippen LogP contribution in [0.2, 0.25) is 0 Å². The van der Waals surface area contributed by atoms with E-state index in [9.17, 15) is 14.0 Å². The van der Waals surface area contributed by atoms with Crippen molar-refractivity contribution in [2.24, 2.45) is 0 Å². The lowest BCUT2D eigenvalue weighted by atomic mass is 10.1. The number of carboxylic acid groups (broad SMARTS) is 1. The largest absolute Gasteiger partial charge is 0.480 e. The van der Waals surface area contributed by atoms with E-state index in [4.69, 9.17) is 5.11 Å². The Hall–Kier alpha value is -1.66. The quantitative estimate of drug-likeness (QED) is 0.721. The Bertz CT molecular complexity index is 485. The highest BCUT2D eigenvalue weighted by Gasteiger charge is 2.22. The molecule has 0 aliphatic rings. The maximum Gasteiger partial charge on any atom is 0.320 e. The van der Waals surface area contributed by atoms with Gasteiger partial charge in [0.2, 0.25) is 5.91 Å². The fraction of sp³-hybridized carbons (Fsp3) is 0.429. The summed E-state index contributed by atoms with van der Waals surface area (Å²) in [6.07, 6.45) is 1.13. The van der Waals surface area contributed by atoms with E-state index in [0.29, 0.717) is 18.5 Å². The molecule has 2 unspecified atom stereocenters. The first-order valence-electron chi connectivity index (χ1n) is 6.49. The van der Waals surface area contributed by atoms with Gasteiger partial charge in [0.05, 0.1) is 6.04 Å². The summed E-state index contributed by atoms with van der Waals surface area (Å²) in [7, 11) is 0. The zero-order valence-corrected chi connectivity index (χ0v) is 12.7. The Kier molecular flexibility index (Phi) is 8.57. The molecule has 0 saturated heterocycles. The molecule has 5 nitrogen and oxygen atoms in total. The molecule has 21 heavy (non-hydrogen) atoms. The molecule has 118 valence electrons. The standard InChI is InChI=1S/C14H19FN2O3.ClH/c1-3-5-12(14(19)20)16-9(2)13(18)17-11-7-4-6-10(15)8-11;/h4,6-9,12,16H,3,5H2,1-2H3,(H,17,18)(H,19,20);1H. The molecule has 1 amide bonds. The Morgan fingerprint density at radius 3 is 2.57 bits per heavy atom. The predicted molar refractivity (Wildman–Crippen MR) is 81.2 cm³/mol. The van der Waals surface area contributed by atoms with Gasteiger partial charge in [0, 0.05) is 5.69 Å². The number of amides is 1. The Morgan fingerprint density at radius 2 is 2.05 bits per heavy atom. The number of carbonyl (C=O) groups excluding carboxylic acids is 1. The maximum absolute atomic E-state index is 13.0. The third-order valence-corrected chi connectivity index (χ3v) is 2.81. The molecule has 0 radical (unpaired) electrons. The summed E-state index contributed by atoms with van der Waals surface area (Å²) < 4.78 is 13.0. The van der Waals surface area contributed by atoms with Gasteiger partial charge in [0.25, 0.3) is 0 Å². The molecule has 0 saturated carbocycles. The SMILES string of the molecule is CCCC(NC(C)C(=O)Nc1cccc(F)c1)C(=O)O.Cl. The summed E-state index contributed by atoms with van der Waals surface area (Å²) in [5.41, 5.74) is 0.339. The Morgan fingerprint density at radius 1 is 1.38 bits per heavy atom. The van der Waals surface area contributed by atoms with Crippen LogP contribution in [0.3, 0.4) is 0 Å². The fourth-order valence-corrected chi connectivity index (χ4v) is 1.76. The molecule has 0 spiro atoms. The van der Waals surface area contributed by atoms with Crippen molar-refractivity contribution < 1.29 is 19.1 Å². The third kappa shape index (κ3) is 6.55. The van der Waals surface area contributed by atoms with Gasteiger partial charge in [-0.1, -0.05) is 19.4 Å². The highest BCUT2D eigenvalue weighted by atomic mass is 35.5. The van der Waals surface area contributed by atoms with Crippen LogP contribution in [0.4, 0.5) is 10.1 Å². The van der Waals surface area contributed by atoms with Gasteiger partial charge in [-0.2, -0.15) is 0 Å². The van der Waals surface area contributed by atoms with Crippen LogP contribution >= 0.6 is 12.4 Å². The van der Waals surface area contributed by atoms with Crippen molar-refractivity contribution in [3.05, 3.63) is 30.1 Å². The van der Waals surface area contributed by atoms with Gasteiger partial charge in [0.1, 0.15) is 11.9 Å². The van der Waals surface area contributed by atoms with E-state index in [0.717, 1.165) is 0 Å². The first-order valence-corrected chi connectivity index (χ1v) is 6.49. The number of benzene rings is 1. The van der Waals surface area contributed by atoms with Crippen LogP contribution in [0, 0.1) is 5.82 Å². The summed E-state index contributed by atoms with van der Waals surface area (Å²) in [6.45, 7) is 3.44. The van der Waals surface area contributed by atoms with Crippen molar-refractivity contribution in [1.29, 1.82) is 0 Å². The average Bonchev–Trinajstić information content (AvgIpc) is 2.37. The van der Waals surface area contributed by atoms with Crippen molar-refractivity contribution in [2.75, 3.05) is 5.32 Å². The maximum atomic E-state index is 13.0. The monoisotopic (exact) mass is 318 g/mol. The molecule has 7 heteroatoms. The van der Waals surface area contributed by atoms with Crippen molar-refractivity contribution in [2.45, 2.75) is 38.8 Å². The van der Waals surface area contributed by atoms with E-state index in [1.807, 2.05) is 6.92 Å². The van der Waals surface area contributed by atoms with Crippen LogP contribution in [0.1, 0.15) is 26.7 Å². The number of rotatable bonds is 7. The minimum Gasteiger partial charge on any atom is -0.480 e. The number of carboxylic acids is 1. The zero-order valence-electron chi connectivity index (χ0n) is 11.9. The van der Waals surface area contributed by atoms with Crippen molar-refractivity contribution in [1.82, 2.24) is 5.32 Å². The number of aliphatic carboxylic acids is 1. The molecule has 0 aromatic heterocycles. The predicted octanol–water partition coefficient (Wildman–Crippen LogP) is 2.42. The highest BCUT2D eigenvalue weighted by Crippen LogP contribution is 2.09. The van der Waals surface area contributed by atoms with E-state index in [1.54, 1.807) is 13.0 Å². The highest BCUT2D eigenvalue weighted by molar-refractivity contribution is 5.94. The summed E-state index contributed by atoms with van der Waals surface area (Å²) in [6, 6.07) is 4.07. The van der Waals surface area contributed by atoms with E-state index >= 15 is 0 Å². The van der Waals surface area contributed by atoms with E-state index < -0.39 is 29.8 Å². The fourth-order valence-electron chi connectivity index (χ4n) is 1.76. The summed E-state index contributed by atoms with van der Waals surface area (Å²) >= 11 is 0. The Labute approximate surface area is 129 Å². The lowest BCUT2D eigenvalue weighted by Gasteiger charge is -2.19. The second kappa shape index (κ2) is 9.31. The van der Waals surface area contributed by atoms with Gasteiger partial charge in [-0.05, 0) is 31.5 Å². The molecule has 0 heterocycles. The first kappa shape index (κ1) is 19.3. The first-order chi connectivity index (χ1) is 9.43. The molecular weight excluding hydrogens is 299 g/mol. The van der Waals surface area contributed by atoms with E-state index in [1.165, 1.54) is 18.2 Å². The van der Waals surface area contributed by atoms with Gasteiger partial charge in [-0.15, -0.1) is 12.4 Å². The second-order valence-corrected chi connectivity index (χ2v) is 4.57. The lowest BCUT2D eigenvalue weighted by Crippen LogP contribution is -2.47. The number of hydrogen-bond donors (Lipinski definition) is 3. The molecule has 0 aliphatic heterocycles. The van der Waals surface area contributed by atoms with Gasteiger partial charge in [-0.3, -0.25) is 14.9 Å². The van der Waals surface area contributed by atoms with Gasteiger partial charge < -0.3 is 10.4 Å². The zero-order chi connectivity index (χ0) is 15.1. The molecular formula is C14H20ClFN2O3. The van der Waals surface area contributed by atoms with Gasteiger partial charge >= 0.3 is 5.97 Å². The number of nitrogens with one attached hydrogen (secondary N) is 2. The van der Waals surface area contributed by atoms with Crippen molar-refractivity contribution in [3.8, 4) is 0 Å². The van der Waals surface area contributed by atoms with Crippen LogP contribution < -0.4 is 10.6 Å². The summed E-state index contributed by atoms with van der Waals surface area (Å²) in [5.74, 6) is -1.84. The topological polar surface area (TPSA) is 78.4 Å². The normalized spacial score (nSPS) is 12.9. The molecule has 0 bridgehead atoms. The van der Waals surface area contributed by atoms with Crippen molar-refractivity contribution >= 4 is 30.0 Å². The molecule has 1 rings (SSSR count). The minimum absolute atomic E-state index is 0. The lowest BCUT2D eigenvalue weighted by molar-refractivity contribution is -0.140. The smallest absolute Gasteiger partial charge is 0.320 e. The molecule has 1 aromatic rings. The van der Waals surface area contributed by atoms with Crippen LogP contribution in [0.25, 0.3) is 0 Å². The van der Waals surface area contributed by atoms with Crippen LogP contribution in [-0.4, -0.2) is 29.1 Å². The van der Waals surface area contributed by atoms with Crippen LogP contribution in [0.5, 0.6) is 0 Å². The third-order valence-electron chi connectivity index (χ3n) is 2.81. The number of anilines is 1. The van der Waals surface area contributed by atoms with Gasteiger partial charge in [-0.25, -0.2) is 4.39 Å². The molecule has 1 aromatic carbocycles. The molecule has 2 atom stereocenters. The van der Waals surface area contributed by atoms with Gasteiger partial charge in [0.15, 0.2) is 0 Å². The molecule has 3 N–H and O–H groups in total. The van der Waals surface area contributed by atoms with Crippen LogP contribution in [0.15, 0.2) is 24.3 Å². The summed E-state index contributed by atoms with van der Waals surface area (Å²) in [4.78, 5) is 22.9. The van der Waals surface area contributed by atoms with Crippen molar-refractivity contribution in [3.63, 3.8) is 0 Å². The van der Waals surface area contributed by atoms with E-state index in [-0.39, 0.29) is 12.4 Å².